The number of hydrogen-bond donors (Lipinski definition) is 2. The van der Waals surface area contributed by atoms with Crippen LogP contribution in [0.1, 0.15) is 36.8 Å². The highest BCUT2D eigenvalue weighted by atomic mass is 19.4. The van der Waals surface area contributed by atoms with Gasteiger partial charge in [0.15, 0.2) is 0 Å². The first-order valence-electron chi connectivity index (χ1n) is 10.4. The number of rotatable bonds is 7. The van der Waals surface area contributed by atoms with Crippen molar-refractivity contribution < 1.29 is 27.5 Å². The molecule has 0 atom stereocenters. The zero-order valence-electron chi connectivity index (χ0n) is 17.7. The second-order valence-electron chi connectivity index (χ2n) is 7.90. The maximum atomic E-state index is 13.3. The molecule has 0 heterocycles. The highest BCUT2D eigenvalue weighted by Crippen LogP contribution is 2.33. The number of amides is 3. The Morgan fingerprint density at radius 3 is 2.31 bits per heavy atom. The fourth-order valence-corrected chi connectivity index (χ4v) is 3.96. The molecule has 9 heteroatoms. The van der Waals surface area contributed by atoms with Crippen LogP contribution in [0.15, 0.2) is 54.6 Å². The molecule has 2 aromatic carbocycles. The SMILES string of the molecule is CN(Cc1ccccc1OC(F)(F)F)C(=O)C1(NC(=O)NCc2ccccc2)CCCC1. The summed E-state index contributed by atoms with van der Waals surface area (Å²) in [6.07, 6.45) is -2.35. The molecule has 0 bridgehead atoms. The van der Waals surface area contributed by atoms with Crippen LogP contribution in [0.25, 0.3) is 0 Å². The molecule has 32 heavy (non-hydrogen) atoms. The van der Waals surface area contributed by atoms with Gasteiger partial charge in [-0.1, -0.05) is 61.4 Å². The highest BCUT2D eigenvalue weighted by Gasteiger charge is 2.44. The number of alkyl halides is 3. The Labute approximate surface area is 184 Å². The second kappa shape index (κ2) is 9.93. The van der Waals surface area contributed by atoms with Gasteiger partial charge in [0.1, 0.15) is 11.3 Å². The molecule has 2 N–H and O–H groups in total. The zero-order valence-corrected chi connectivity index (χ0v) is 17.7. The lowest BCUT2D eigenvalue weighted by atomic mass is 9.95. The third-order valence-corrected chi connectivity index (χ3v) is 5.47. The Kier molecular flexibility index (Phi) is 7.27. The predicted molar refractivity (Wildman–Crippen MR) is 113 cm³/mol. The van der Waals surface area contributed by atoms with Crippen LogP contribution in [0.5, 0.6) is 5.75 Å². The van der Waals surface area contributed by atoms with E-state index in [1.54, 1.807) is 6.07 Å². The minimum absolute atomic E-state index is 0.0832. The normalized spacial score (nSPS) is 15.1. The third-order valence-electron chi connectivity index (χ3n) is 5.47. The van der Waals surface area contributed by atoms with E-state index in [4.69, 9.17) is 0 Å². The minimum atomic E-state index is -4.83. The minimum Gasteiger partial charge on any atom is -0.405 e. The number of nitrogens with zero attached hydrogens (tertiary/aromatic N) is 1. The number of urea groups is 1. The number of halogens is 3. The van der Waals surface area contributed by atoms with E-state index in [1.165, 1.54) is 30.1 Å². The van der Waals surface area contributed by atoms with E-state index in [2.05, 4.69) is 15.4 Å². The van der Waals surface area contributed by atoms with Gasteiger partial charge in [-0.25, -0.2) is 4.79 Å². The summed E-state index contributed by atoms with van der Waals surface area (Å²) in [5, 5.41) is 5.59. The van der Waals surface area contributed by atoms with Crippen molar-refractivity contribution >= 4 is 11.9 Å². The molecule has 2 aromatic rings. The molecule has 3 amide bonds. The molecule has 0 aliphatic heterocycles. The van der Waals surface area contributed by atoms with Crippen molar-refractivity contribution in [3.05, 3.63) is 65.7 Å². The van der Waals surface area contributed by atoms with Crippen molar-refractivity contribution in [2.45, 2.75) is 50.7 Å². The second-order valence-corrected chi connectivity index (χ2v) is 7.90. The van der Waals surface area contributed by atoms with Gasteiger partial charge in [0.2, 0.25) is 5.91 Å². The van der Waals surface area contributed by atoms with Crippen molar-refractivity contribution in [2.24, 2.45) is 0 Å². The van der Waals surface area contributed by atoms with Gasteiger partial charge in [0.05, 0.1) is 0 Å². The fourth-order valence-electron chi connectivity index (χ4n) is 3.96. The lowest BCUT2D eigenvalue weighted by Gasteiger charge is -2.33. The van der Waals surface area contributed by atoms with Crippen molar-refractivity contribution in [2.75, 3.05) is 7.05 Å². The first-order chi connectivity index (χ1) is 15.2. The van der Waals surface area contributed by atoms with Crippen LogP contribution in [0.4, 0.5) is 18.0 Å². The molecule has 0 spiro atoms. The monoisotopic (exact) mass is 449 g/mol. The average molecular weight is 449 g/mol. The molecule has 0 aromatic heterocycles. The summed E-state index contributed by atoms with van der Waals surface area (Å²) < 4.78 is 42.2. The summed E-state index contributed by atoms with van der Waals surface area (Å²) in [6, 6.07) is 14.6. The number of benzene rings is 2. The molecule has 172 valence electrons. The van der Waals surface area contributed by atoms with Crippen LogP contribution >= 0.6 is 0 Å². The maximum absolute atomic E-state index is 13.3. The van der Waals surface area contributed by atoms with Crippen LogP contribution < -0.4 is 15.4 Å². The third kappa shape index (κ3) is 6.15. The van der Waals surface area contributed by atoms with Crippen molar-refractivity contribution in [1.29, 1.82) is 0 Å². The number of hydrogen-bond acceptors (Lipinski definition) is 3. The maximum Gasteiger partial charge on any atom is 0.573 e. The first-order valence-corrected chi connectivity index (χ1v) is 10.4. The lowest BCUT2D eigenvalue weighted by molar-refractivity contribution is -0.275. The Morgan fingerprint density at radius 1 is 1.03 bits per heavy atom. The topological polar surface area (TPSA) is 70.7 Å². The van der Waals surface area contributed by atoms with Crippen molar-refractivity contribution in [1.82, 2.24) is 15.5 Å². The van der Waals surface area contributed by atoms with E-state index in [9.17, 15) is 22.8 Å². The van der Waals surface area contributed by atoms with Crippen LogP contribution in [0, 0.1) is 0 Å². The van der Waals surface area contributed by atoms with Gasteiger partial charge in [-0.2, -0.15) is 0 Å². The fraction of sp³-hybridized carbons (Fsp3) is 0.391. The standard InChI is InChI=1S/C23H26F3N3O3/c1-29(16-18-11-5-6-12-19(18)32-23(24,25)26)20(30)22(13-7-8-14-22)28-21(31)27-15-17-9-3-2-4-10-17/h2-6,9-12H,7-8,13-16H2,1H3,(H2,27,28,31). The number of nitrogens with one attached hydrogen (secondary N) is 2. The van der Waals surface area contributed by atoms with Gasteiger partial charge in [0, 0.05) is 25.7 Å². The molecule has 1 fully saturated rings. The molecule has 6 nitrogen and oxygen atoms in total. The van der Waals surface area contributed by atoms with Gasteiger partial charge in [-0.15, -0.1) is 13.2 Å². The summed E-state index contributed by atoms with van der Waals surface area (Å²) in [5.41, 5.74) is 0.0604. The highest BCUT2D eigenvalue weighted by molar-refractivity contribution is 5.91. The van der Waals surface area contributed by atoms with Crippen LogP contribution in [0.3, 0.4) is 0 Å². The Bertz CT molecular complexity index is 929. The summed E-state index contributed by atoms with van der Waals surface area (Å²) in [4.78, 5) is 27.2. The first kappa shape index (κ1) is 23.4. The van der Waals surface area contributed by atoms with Crippen LogP contribution in [-0.2, 0) is 17.9 Å². The summed E-state index contributed by atoms with van der Waals surface area (Å²) >= 11 is 0. The largest absolute Gasteiger partial charge is 0.573 e. The summed E-state index contributed by atoms with van der Waals surface area (Å²) in [6.45, 7) is 0.231. The predicted octanol–water partition coefficient (Wildman–Crippen LogP) is 4.36. The molecular formula is C23H26F3N3O3. The van der Waals surface area contributed by atoms with E-state index in [-0.39, 0.29) is 23.8 Å². The molecular weight excluding hydrogens is 423 g/mol. The Morgan fingerprint density at radius 2 is 1.66 bits per heavy atom. The molecule has 0 unspecified atom stereocenters. The van der Waals surface area contributed by atoms with Crippen LogP contribution in [0.2, 0.25) is 0 Å². The van der Waals surface area contributed by atoms with Gasteiger partial charge in [-0.05, 0) is 24.5 Å². The van der Waals surface area contributed by atoms with Gasteiger partial charge in [0.25, 0.3) is 0 Å². The van der Waals surface area contributed by atoms with E-state index in [0.29, 0.717) is 19.4 Å². The Balaban J connectivity index is 1.67. The lowest BCUT2D eigenvalue weighted by Crippen LogP contribution is -2.59. The average Bonchev–Trinajstić information content (AvgIpc) is 3.22. The van der Waals surface area contributed by atoms with E-state index in [1.807, 2.05) is 30.3 Å². The van der Waals surface area contributed by atoms with E-state index in [0.717, 1.165) is 18.4 Å². The van der Waals surface area contributed by atoms with Gasteiger partial charge in [-0.3, -0.25) is 4.79 Å². The van der Waals surface area contributed by atoms with Crippen LogP contribution in [-0.4, -0.2) is 35.8 Å². The number of carbonyl (C=O) groups excluding carboxylic acids is 2. The number of carbonyl (C=O) groups is 2. The summed E-state index contributed by atoms with van der Waals surface area (Å²) in [7, 11) is 1.51. The van der Waals surface area contributed by atoms with Crippen molar-refractivity contribution in [3.63, 3.8) is 0 Å². The number of likely N-dealkylation sites (N-methyl/N-ethyl adjacent to an activating group) is 1. The molecule has 3 rings (SSSR count). The quantitative estimate of drug-likeness (QED) is 0.660. The van der Waals surface area contributed by atoms with E-state index < -0.39 is 17.9 Å². The molecule has 1 saturated carbocycles. The van der Waals surface area contributed by atoms with Gasteiger partial charge < -0.3 is 20.3 Å². The van der Waals surface area contributed by atoms with Crippen molar-refractivity contribution in [3.8, 4) is 5.75 Å². The number of ether oxygens (including phenoxy) is 1. The Hall–Kier alpha value is -3.23. The molecule has 1 aliphatic rings. The van der Waals surface area contributed by atoms with Gasteiger partial charge >= 0.3 is 12.4 Å². The smallest absolute Gasteiger partial charge is 0.405 e. The molecule has 0 saturated heterocycles. The summed E-state index contributed by atoms with van der Waals surface area (Å²) in [5.74, 6) is -0.694. The molecule has 0 radical (unpaired) electrons. The van der Waals surface area contributed by atoms with E-state index >= 15 is 0 Å². The number of para-hydroxylation sites is 1. The zero-order chi connectivity index (χ0) is 23.2. The molecule has 1 aliphatic carbocycles.